The van der Waals surface area contributed by atoms with Crippen molar-refractivity contribution in [2.24, 2.45) is 5.92 Å². The van der Waals surface area contributed by atoms with Gasteiger partial charge in [0.05, 0.1) is 35.7 Å². The molecule has 180 valence electrons. The summed E-state index contributed by atoms with van der Waals surface area (Å²) in [6.07, 6.45) is 7.08. The Morgan fingerprint density at radius 3 is 2.72 bits per heavy atom. The van der Waals surface area contributed by atoms with E-state index in [0.717, 1.165) is 64.7 Å². The zero-order valence-electron chi connectivity index (χ0n) is 20.4. The summed E-state index contributed by atoms with van der Waals surface area (Å²) in [5.74, 6) is 0.0644. The van der Waals surface area contributed by atoms with Crippen molar-refractivity contribution in [1.29, 1.82) is 0 Å². The second-order valence-corrected chi connectivity index (χ2v) is 9.84. The lowest BCUT2D eigenvalue weighted by Gasteiger charge is -2.15. The Hall–Kier alpha value is -4.02. The topological polar surface area (TPSA) is 52.0 Å². The molecule has 1 aliphatic heterocycles. The van der Waals surface area contributed by atoms with Gasteiger partial charge in [-0.3, -0.25) is 9.67 Å². The van der Waals surface area contributed by atoms with Crippen molar-refractivity contribution < 1.29 is 4.39 Å². The largest absolute Gasteiger partial charge is 0.346 e. The number of hydrogen-bond donors (Lipinski definition) is 1. The van der Waals surface area contributed by atoms with Crippen LogP contribution in [0.4, 0.5) is 10.1 Å². The highest BCUT2D eigenvalue weighted by atomic mass is 19.1. The molecular weight excluding hydrogens is 451 g/mol. The summed E-state index contributed by atoms with van der Waals surface area (Å²) < 4.78 is 19.0. The Kier molecular flexibility index (Phi) is 5.54. The van der Waals surface area contributed by atoms with Crippen LogP contribution >= 0.6 is 0 Å². The van der Waals surface area contributed by atoms with E-state index in [-0.39, 0.29) is 11.7 Å². The summed E-state index contributed by atoms with van der Waals surface area (Å²) in [6, 6.07) is 13.4. The quantitative estimate of drug-likeness (QED) is 0.290. The van der Waals surface area contributed by atoms with Gasteiger partial charge in [0, 0.05) is 40.7 Å². The van der Waals surface area contributed by atoms with Gasteiger partial charge in [-0.2, -0.15) is 5.10 Å². The van der Waals surface area contributed by atoms with E-state index in [1.807, 2.05) is 23.1 Å². The summed E-state index contributed by atoms with van der Waals surface area (Å²) in [6.45, 7) is 14.5. The van der Waals surface area contributed by atoms with Gasteiger partial charge >= 0.3 is 0 Å². The summed E-state index contributed by atoms with van der Waals surface area (Å²) in [5, 5.41) is 10.1. The van der Waals surface area contributed by atoms with E-state index in [9.17, 15) is 4.39 Å². The van der Waals surface area contributed by atoms with Crippen LogP contribution in [-0.2, 0) is 6.54 Å². The van der Waals surface area contributed by atoms with E-state index >= 15 is 0 Å². The van der Waals surface area contributed by atoms with Crippen molar-refractivity contribution in [2.75, 3.05) is 13.1 Å². The molecule has 0 aliphatic carbocycles. The molecule has 1 atom stereocenters. The number of hydrogen-bond acceptors (Lipinski definition) is 3. The lowest BCUT2D eigenvalue weighted by molar-refractivity contribution is 0.491. The minimum absolute atomic E-state index is 0.0225. The standard InChI is InChI=1S/C29H27FN6/c1-18(2)36-26-7-5-21(12-22(26)15-34-36)29-28(20-4-6-25(31-3)24(30)13-20)23-9-11-35(27(23)16-33-29)17-19-8-10-32-14-19/h4-7,9,11-13,15-16,18-19,32H,8,10,14,17H2,1-2H3/t19-/m1/s1. The average molecular weight is 479 g/mol. The third-order valence-corrected chi connectivity index (χ3v) is 7.16. The van der Waals surface area contributed by atoms with Crippen molar-refractivity contribution in [3.8, 4) is 22.4 Å². The number of nitrogens with one attached hydrogen (secondary N) is 1. The van der Waals surface area contributed by atoms with E-state index in [2.05, 4.69) is 64.1 Å². The molecule has 1 saturated heterocycles. The number of pyridine rings is 1. The van der Waals surface area contributed by atoms with Crippen LogP contribution in [0.25, 0.3) is 49.0 Å². The molecule has 36 heavy (non-hydrogen) atoms. The molecule has 3 aromatic heterocycles. The fourth-order valence-electron chi connectivity index (χ4n) is 5.34. The molecule has 0 unspecified atom stereocenters. The Morgan fingerprint density at radius 1 is 1.11 bits per heavy atom. The summed E-state index contributed by atoms with van der Waals surface area (Å²) in [4.78, 5) is 8.24. The number of fused-ring (bicyclic) bond motifs is 2. The van der Waals surface area contributed by atoms with Crippen LogP contribution in [0.2, 0.25) is 0 Å². The van der Waals surface area contributed by atoms with Crippen LogP contribution in [0, 0.1) is 18.3 Å². The summed E-state index contributed by atoms with van der Waals surface area (Å²) in [5.41, 5.74) is 5.45. The van der Waals surface area contributed by atoms with Crippen molar-refractivity contribution in [2.45, 2.75) is 32.9 Å². The molecule has 4 heterocycles. The fraction of sp³-hybridized carbons (Fsp3) is 0.276. The third-order valence-electron chi connectivity index (χ3n) is 7.16. The van der Waals surface area contributed by atoms with Crippen molar-refractivity contribution >= 4 is 27.5 Å². The Morgan fingerprint density at radius 2 is 1.97 bits per heavy atom. The van der Waals surface area contributed by atoms with E-state index in [4.69, 9.17) is 11.6 Å². The Balaban J connectivity index is 1.55. The molecule has 5 aromatic rings. The zero-order chi connectivity index (χ0) is 24.8. The molecular formula is C29H27FN6. The van der Waals surface area contributed by atoms with Gasteiger partial charge in [-0.25, -0.2) is 9.24 Å². The van der Waals surface area contributed by atoms with E-state index in [1.165, 1.54) is 6.07 Å². The average Bonchev–Trinajstić information content (AvgIpc) is 3.63. The highest BCUT2D eigenvalue weighted by Crippen LogP contribution is 2.39. The monoisotopic (exact) mass is 478 g/mol. The molecule has 0 spiro atoms. The number of benzene rings is 2. The number of aromatic nitrogens is 4. The van der Waals surface area contributed by atoms with Gasteiger partial charge in [0.15, 0.2) is 0 Å². The molecule has 0 bridgehead atoms. The molecule has 7 heteroatoms. The maximum atomic E-state index is 14.8. The van der Waals surface area contributed by atoms with Crippen LogP contribution in [0.5, 0.6) is 0 Å². The first-order valence-corrected chi connectivity index (χ1v) is 12.4. The van der Waals surface area contributed by atoms with E-state index in [1.54, 1.807) is 6.07 Å². The Labute approximate surface area is 209 Å². The second-order valence-electron chi connectivity index (χ2n) is 9.84. The SMILES string of the molecule is [C-]#[N+]c1ccc(-c2c(-c3ccc4c(cnn4C(C)C)c3)ncc3c2ccn3C[C@@H]2CCNC2)cc1F. The highest BCUT2D eigenvalue weighted by molar-refractivity contribution is 6.02. The smallest absolute Gasteiger partial charge is 0.222 e. The molecule has 1 aliphatic rings. The lowest BCUT2D eigenvalue weighted by atomic mass is 9.95. The predicted octanol–water partition coefficient (Wildman–Crippen LogP) is 6.60. The van der Waals surface area contributed by atoms with Crippen LogP contribution < -0.4 is 5.32 Å². The first-order valence-electron chi connectivity index (χ1n) is 12.4. The lowest BCUT2D eigenvalue weighted by Crippen LogP contribution is -2.14. The molecule has 0 amide bonds. The molecule has 6 rings (SSSR count). The van der Waals surface area contributed by atoms with Gasteiger partial charge < -0.3 is 9.88 Å². The third kappa shape index (κ3) is 3.75. The van der Waals surface area contributed by atoms with Gasteiger partial charge in [-0.1, -0.05) is 18.2 Å². The van der Waals surface area contributed by atoms with Crippen molar-refractivity contribution in [3.63, 3.8) is 0 Å². The second kappa shape index (κ2) is 8.89. The zero-order valence-corrected chi connectivity index (χ0v) is 20.4. The molecule has 6 nitrogen and oxygen atoms in total. The molecule has 0 saturated carbocycles. The van der Waals surface area contributed by atoms with Gasteiger partial charge in [-0.15, -0.1) is 0 Å². The van der Waals surface area contributed by atoms with Crippen molar-refractivity contribution in [3.05, 3.63) is 78.3 Å². The first-order chi connectivity index (χ1) is 17.5. The summed E-state index contributed by atoms with van der Waals surface area (Å²) in [7, 11) is 0. The number of nitrogens with zero attached hydrogens (tertiary/aromatic N) is 5. The van der Waals surface area contributed by atoms with Crippen LogP contribution in [0.3, 0.4) is 0 Å². The molecule has 1 fully saturated rings. The minimum atomic E-state index is -0.518. The van der Waals surface area contributed by atoms with Crippen LogP contribution in [0.1, 0.15) is 26.3 Å². The fourth-order valence-corrected chi connectivity index (χ4v) is 5.34. The van der Waals surface area contributed by atoms with E-state index in [0.29, 0.717) is 11.5 Å². The van der Waals surface area contributed by atoms with Crippen molar-refractivity contribution in [1.82, 2.24) is 24.6 Å². The Bertz CT molecular complexity index is 1630. The van der Waals surface area contributed by atoms with Crippen LogP contribution in [-0.4, -0.2) is 32.4 Å². The number of rotatable bonds is 5. The maximum Gasteiger partial charge on any atom is 0.222 e. The molecule has 0 radical (unpaired) electrons. The minimum Gasteiger partial charge on any atom is -0.346 e. The van der Waals surface area contributed by atoms with Gasteiger partial charge in [0.25, 0.3) is 0 Å². The van der Waals surface area contributed by atoms with Gasteiger partial charge in [-0.05, 0) is 69.1 Å². The molecule has 1 N–H and O–H groups in total. The number of halogens is 1. The van der Waals surface area contributed by atoms with Gasteiger partial charge in [0.1, 0.15) is 5.82 Å². The van der Waals surface area contributed by atoms with Gasteiger partial charge in [0.2, 0.25) is 5.69 Å². The first kappa shape index (κ1) is 22.4. The predicted molar refractivity (Wildman–Crippen MR) is 141 cm³/mol. The summed E-state index contributed by atoms with van der Waals surface area (Å²) >= 11 is 0. The molecule has 2 aromatic carbocycles. The normalized spacial score (nSPS) is 15.8. The van der Waals surface area contributed by atoms with Crippen LogP contribution in [0.15, 0.2) is 61.1 Å². The maximum absolute atomic E-state index is 14.8. The van der Waals surface area contributed by atoms with E-state index < -0.39 is 5.82 Å². The highest BCUT2D eigenvalue weighted by Gasteiger charge is 2.20.